The second-order valence-corrected chi connectivity index (χ2v) is 8.95. The van der Waals surface area contributed by atoms with Crippen molar-refractivity contribution < 1.29 is 9.53 Å². The van der Waals surface area contributed by atoms with Crippen LogP contribution in [0.25, 0.3) is 27.8 Å². The summed E-state index contributed by atoms with van der Waals surface area (Å²) in [6.45, 7) is 9.36. The van der Waals surface area contributed by atoms with Gasteiger partial charge in [0.15, 0.2) is 5.65 Å². The maximum Gasteiger partial charge on any atom is 0.413 e. The first-order valence-corrected chi connectivity index (χ1v) is 11.6. The van der Waals surface area contributed by atoms with Gasteiger partial charge in [-0.3, -0.25) is 9.88 Å². The summed E-state index contributed by atoms with van der Waals surface area (Å²) in [4.78, 5) is 21.3. The smallest absolute Gasteiger partial charge is 0.413 e. The molecule has 2 aromatic carbocycles. The van der Waals surface area contributed by atoms with E-state index in [0.717, 1.165) is 11.3 Å². The topological polar surface area (TPSA) is 95.1 Å². The quantitative estimate of drug-likeness (QED) is 0.287. The molecule has 178 valence electrons. The molecule has 0 saturated carbocycles. The summed E-state index contributed by atoms with van der Waals surface area (Å²) in [6, 6.07) is 14.5. The van der Waals surface area contributed by atoms with Crippen LogP contribution in [-0.2, 0) is 4.74 Å². The van der Waals surface area contributed by atoms with E-state index in [1.165, 1.54) is 6.33 Å². The summed E-state index contributed by atoms with van der Waals surface area (Å²) in [5.74, 6) is 0.277. The number of carbonyl (C=O) groups is 1. The number of ether oxygens (including phenoxy) is 1. The average molecular weight is 500 g/mol. The van der Waals surface area contributed by atoms with Crippen molar-refractivity contribution in [3.8, 4) is 16.8 Å². The zero-order chi connectivity index (χ0) is 25.0. The highest BCUT2D eigenvalue weighted by molar-refractivity contribution is 6.36. The maximum absolute atomic E-state index is 12.5. The highest BCUT2D eigenvalue weighted by Gasteiger charge is 2.25. The van der Waals surface area contributed by atoms with Crippen LogP contribution in [0, 0.1) is 0 Å². The van der Waals surface area contributed by atoms with Crippen LogP contribution in [-0.4, -0.2) is 26.2 Å². The van der Waals surface area contributed by atoms with Crippen LogP contribution in [0.15, 0.2) is 54.9 Å². The normalized spacial score (nSPS) is 11.0. The highest BCUT2D eigenvalue weighted by Crippen LogP contribution is 2.42. The van der Waals surface area contributed by atoms with Crippen molar-refractivity contribution in [3.63, 3.8) is 0 Å². The number of anilines is 2. The monoisotopic (exact) mass is 499 g/mol. The molecule has 2 aromatic heterocycles. The molecule has 9 heteroatoms. The van der Waals surface area contributed by atoms with Gasteiger partial charge in [-0.1, -0.05) is 55.2 Å². The van der Waals surface area contributed by atoms with Gasteiger partial charge < -0.3 is 10.5 Å². The second-order valence-electron chi connectivity index (χ2n) is 8.15. The Kier molecular flexibility index (Phi) is 7.69. The van der Waals surface area contributed by atoms with E-state index in [1.54, 1.807) is 49.6 Å². The average Bonchev–Trinajstić information content (AvgIpc) is 3.07. The third-order valence-electron chi connectivity index (χ3n) is 4.57. The van der Waals surface area contributed by atoms with E-state index in [9.17, 15) is 4.79 Å². The van der Waals surface area contributed by atoms with Crippen LogP contribution >= 0.6 is 23.2 Å². The van der Waals surface area contributed by atoms with Gasteiger partial charge in [-0.05, 0) is 56.7 Å². The number of aromatic nitrogens is 3. The lowest BCUT2D eigenvalue weighted by Gasteiger charge is -2.19. The van der Waals surface area contributed by atoms with Crippen LogP contribution < -0.4 is 11.1 Å². The van der Waals surface area contributed by atoms with E-state index in [0.29, 0.717) is 32.5 Å². The number of halogens is 2. The summed E-state index contributed by atoms with van der Waals surface area (Å²) in [5.41, 5.74) is 8.58. The van der Waals surface area contributed by atoms with Crippen molar-refractivity contribution in [3.05, 3.63) is 65.0 Å². The van der Waals surface area contributed by atoms with Gasteiger partial charge in [0.2, 0.25) is 0 Å². The third kappa shape index (κ3) is 5.43. The van der Waals surface area contributed by atoms with Gasteiger partial charge in [-0.25, -0.2) is 14.8 Å². The fraction of sp³-hybridized carbons (Fsp3) is 0.240. The zero-order valence-corrected chi connectivity index (χ0v) is 21.2. The molecule has 3 N–H and O–H groups in total. The Morgan fingerprint density at radius 1 is 1.06 bits per heavy atom. The molecule has 4 rings (SSSR count). The van der Waals surface area contributed by atoms with E-state index in [-0.39, 0.29) is 5.82 Å². The molecule has 2 heterocycles. The van der Waals surface area contributed by atoms with Gasteiger partial charge in [0.25, 0.3) is 0 Å². The molecule has 0 saturated heterocycles. The van der Waals surface area contributed by atoms with E-state index in [2.05, 4.69) is 15.3 Å². The molecule has 7 nitrogen and oxygen atoms in total. The number of nitrogens with one attached hydrogen (secondary N) is 1. The minimum atomic E-state index is -0.666. The minimum Gasteiger partial charge on any atom is -0.444 e. The summed E-state index contributed by atoms with van der Waals surface area (Å²) in [7, 11) is 0. The molecular formula is C25H27Cl2N5O2. The van der Waals surface area contributed by atoms with Crippen molar-refractivity contribution in [2.24, 2.45) is 0 Å². The molecule has 0 spiro atoms. The molecule has 4 aromatic rings. The first-order chi connectivity index (χ1) is 16.1. The Labute approximate surface area is 208 Å². The van der Waals surface area contributed by atoms with Gasteiger partial charge in [0.05, 0.1) is 11.1 Å². The lowest BCUT2D eigenvalue weighted by molar-refractivity contribution is 0.0635. The van der Waals surface area contributed by atoms with Crippen molar-refractivity contribution in [1.29, 1.82) is 0 Å². The number of benzene rings is 2. The number of carbonyl (C=O) groups excluding carboxylic acids is 1. The fourth-order valence-electron chi connectivity index (χ4n) is 3.36. The summed E-state index contributed by atoms with van der Waals surface area (Å²) < 4.78 is 7.17. The minimum absolute atomic E-state index is 0.277. The SMILES string of the molecule is CC.CC(C)(C)OC(=O)Nc1ncnc2c1c(-c1ccc(Cl)cc1)c(Cl)n2-c1cccc(N)c1. The first-order valence-electron chi connectivity index (χ1n) is 10.8. The van der Waals surface area contributed by atoms with E-state index in [4.69, 9.17) is 33.7 Å². The van der Waals surface area contributed by atoms with Crippen molar-refractivity contribution in [1.82, 2.24) is 14.5 Å². The number of fused-ring (bicyclic) bond motifs is 1. The van der Waals surface area contributed by atoms with Crippen molar-refractivity contribution in [2.45, 2.75) is 40.2 Å². The molecule has 0 bridgehead atoms. The van der Waals surface area contributed by atoms with E-state index in [1.807, 2.05) is 38.1 Å². The number of hydrogen-bond donors (Lipinski definition) is 2. The predicted molar refractivity (Wildman–Crippen MR) is 140 cm³/mol. The molecule has 0 radical (unpaired) electrons. The Hall–Kier alpha value is -3.29. The largest absolute Gasteiger partial charge is 0.444 e. The number of amides is 1. The van der Waals surface area contributed by atoms with E-state index >= 15 is 0 Å². The number of hydrogen-bond acceptors (Lipinski definition) is 5. The highest BCUT2D eigenvalue weighted by atomic mass is 35.5. The Bertz CT molecular complexity index is 1310. The lowest BCUT2D eigenvalue weighted by Crippen LogP contribution is -2.27. The molecule has 0 aliphatic heterocycles. The summed E-state index contributed by atoms with van der Waals surface area (Å²) >= 11 is 13.0. The summed E-state index contributed by atoms with van der Waals surface area (Å²) in [5, 5.41) is 4.27. The van der Waals surface area contributed by atoms with Gasteiger partial charge >= 0.3 is 6.09 Å². The predicted octanol–water partition coefficient (Wildman–Crippen LogP) is 7.35. The van der Waals surface area contributed by atoms with Crippen LogP contribution in [0.2, 0.25) is 10.2 Å². The van der Waals surface area contributed by atoms with Crippen LogP contribution in [0.5, 0.6) is 0 Å². The molecule has 0 fully saturated rings. The van der Waals surface area contributed by atoms with Crippen LogP contribution in [0.1, 0.15) is 34.6 Å². The second kappa shape index (κ2) is 10.3. The zero-order valence-electron chi connectivity index (χ0n) is 19.7. The third-order valence-corrected chi connectivity index (χ3v) is 5.18. The molecular weight excluding hydrogens is 473 g/mol. The molecule has 0 unspecified atom stereocenters. The van der Waals surface area contributed by atoms with Gasteiger partial charge in [0, 0.05) is 16.3 Å². The molecule has 1 amide bonds. The number of nitrogens with zero attached hydrogens (tertiary/aromatic N) is 3. The first kappa shape index (κ1) is 25.3. The van der Waals surface area contributed by atoms with Gasteiger partial charge in [-0.2, -0.15) is 0 Å². The molecule has 34 heavy (non-hydrogen) atoms. The number of rotatable bonds is 3. The van der Waals surface area contributed by atoms with Crippen molar-refractivity contribution in [2.75, 3.05) is 11.1 Å². The van der Waals surface area contributed by atoms with Crippen LogP contribution in [0.3, 0.4) is 0 Å². The lowest BCUT2D eigenvalue weighted by atomic mass is 10.1. The summed E-state index contributed by atoms with van der Waals surface area (Å²) in [6.07, 6.45) is 0.729. The van der Waals surface area contributed by atoms with Crippen LogP contribution in [0.4, 0.5) is 16.3 Å². The molecule has 0 aliphatic carbocycles. The number of nitrogen functional groups attached to an aromatic ring is 1. The van der Waals surface area contributed by atoms with Gasteiger partial charge in [-0.15, -0.1) is 0 Å². The maximum atomic E-state index is 12.5. The van der Waals surface area contributed by atoms with Crippen molar-refractivity contribution >= 4 is 51.8 Å². The molecule has 0 atom stereocenters. The standard InChI is InChI=1S/C23H21Cl2N5O2.C2H6/c1-23(2,3)32-22(31)29-20-18-17(13-7-9-14(24)10-8-13)19(25)30(21(18)28-12-27-20)16-6-4-5-15(26)11-16;1-2/h4-12H,26H2,1-3H3,(H,27,28,29,31);1-2H3. The Balaban J connectivity index is 0.00000158. The Morgan fingerprint density at radius 2 is 1.74 bits per heavy atom. The molecule has 0 aliphatic rings. The fourth-order valence-corrected chi connectivity index (χ4v) is 3.87. The Morgan fingerprint density at radius 3 is 2.35 bits per heavy atom. The number of nitrogens with two attached hydrogens (primary N) is 1. The van der Waals surface area contributed by atoms with Gasteiger partial charge in [0.1, 0.15) is 22.9 Å². The van der Waals surface area contributed by atoms with E-state index < -0.39 is 11.7 Å².